The quantitative estimate of drug-likeness (QED) is 0.319. The van der Waals surface area contributed by atoms with Crippen molar-refractivity contribution in [1.82, 2.24) is 0 Å². The average Bonchev–Trinajstić information content (AvgIpc) is 2.76. The Morgan fingerprint density at radius 2 is 1.39 bits per heavy atom. The van der Waals surface area contributed by atoms with Crippen LogP contribution in [0.3, 0.4) is 0 Å². The molecule has 2 aromatic rings. The minimum atomic E-state index is -0.0955. The lowest BCUT2D eigenvalue weighted by Gasteiger charge is -2.11. The molecule has 0 bridgehead atoms. The third-order valence-electron chi connectivity index (χ3n) is 4.93. The maximum absolute atomic E-state index is 12.2. The highest BCUT2D eigenvalue weighted by atomic mass is 16.5. The first-order valence-electron chi connectivity index (χ1n) is 11.6. The summed E-state index contributed by atoms with van der Waals surface area (Å²) >= 11 is 0. The number of anilines is 2. The standard InChI is InChI=1S/C26H38N2O3/c1-4-5-6-7-8-18-30-24-15-11-23(12-16-24)28-26(29)20-27-22-9-13-25(14-10-22)31-19-17-21(2)3/h9-16,21,27H,4-8,17-20H2,1-3H3,(H,28,29). The number of unbranched alkanes of at least 4 members (excludes halogenated alkanes) is 4. The number of nitrogens with one attached hydrogen (secondary N) is 2. The van der Waals surface area contributed by atoms with Crippen LogP contribution in [0.2, 0.25) is 0 Å². The van der Waals surface area contributed by atoms with E-state index in [1.807, 2.05) is 48.5 Å². The highest BCUT2D eigenvalue weighted by molar-refractivity contribution is 5.93. The fourth-order valence-electron chi connectivity index (χ4n) is 3.00. The first kappa shape index (κ1) is 24.6. The Morgan fingerprint density at radius 1 is 0.806 bits per heavy atom. The van der Waals surface area contributed by atoms with E-state index >= 15 is 0 Å². The van der Waals surface area contributed by atoms with E-state index in [2.05, 4.69) is 31.4 Å². The van der Waals surface area contributed by atoms with Gasteiger partial charge in [0.15, 0.2) is 0 Å². The van der Waals surface area contributed by atoms with Crippen molar-refractivity contribution < 1.29 is 14.3 Å². The molecule has 0 aliphatic rings. The first-order chi connectivity index (χ1) is 15.1. The number of rotatable bonds is 15. The van der Waals surface area contributed by atoms with Crippen LogP contribution in [0.5, 0.6) is 11.5 Å². The van der Waals surface area contributed by atoms with E-state index in [-0.39, 0.29) is 12.5 Å². The van der Waals surface area contributed by atoms with Crippen molar-refractivity contribution in [3.63, 3.8) is 0 Å². The Bertz CT molecular complexity index is 742. The normalized spacial score (nSPS) is 10.7. The zero-order valence-electron chi connectivity index (χ0n) is 19.3. The molecule has 31 heavy (non-hydrogen) atoms. The van der Waals surface area contributed by atoms with Crippen LogP contribution < -0.4 is 20.1 Å². The van der Waals surface area contributed by atoms with E-state index in [0.717, 1.165) is 48.9 Å². The minimum absolute atomic E-state index is 0.0955. The van der Waals surface area contributed by atoms with Crippen LogP contribution in [-0.4, -0.2) is 25.7 Å². The summed E-state index contributed by atoms with van der Waals surface area (Å²) in [4.78, 5) is 12.2. The maximum atomic E-state index is 12.2. The lowest BCUT2D eigenvalue weighted by molar-refractivity contribution is -0.114. The van der Waals surface area contributed by atoms with E-state index < -0.39 is 0 Å². The van der Waals surface area contributed by atoms with Crippen molar-refractivity contribution in [1.29, 1.82) is 0 Å². The molecule has 170 valence electrons. The number of hydrogen-bond acceptors (Lipinski definition) is 4. The van der Waals surface area contributed by atoms with Crippen molar-refractivity contribution >= 4 is 17.3 Å². The van der Waals surface area contributed by atoms with Gasteiger partial charge in [-0.25, -0.2) is 0 Å². The van der Waals surface area contributed by atoms with Crippen molar-refractivity contribution in [3.8, 4) is 11.5 Å². The van der Waals surface area contributed by atoms with Gasteiger partial charge in [-0.05, 0) is 67.3 Å². The summed E-state index contributed by atoms with van der Waals surface area (Å²) in [5.74, 6) is 2.21. The topological polar surface area (TPSA) is 59.6 Å². The van der Waals surface area contributed by atoms with Gasteiger partial charge in [0.05, 0.1) is 19.8 Å². The van der Waals surface area contributed by atoms with Crippen LogP contribution in [0.25, 0.3) is 0 Å². The van der Waals surface area contributed by atoms with Crippen LogP contribution in [0.1, 0.15) is 59.3 Å². The Morgan fingerprint density at radius 3 is 2.00 bits per heavy atom. The van der Waals surface area contributed by atoms with Gasteiger partial charge in [0.1, 0.15) is 11.5 Å². The van der Waals surface area contributed by atoms with Gasteiger partial charge in [0.25, 0.3) is 0 Å². The molecule has 0 fully saturated rings. The van der Waals surface area contributed by atoms with Crippen molar-refractivity contribution in [3.05, 3.63) is 48.5 Å². The van der Waals surface area contributed by atoms with Gasteiger partial charge >= 0.3 is 0 Å². The zero-order valence-corrected chi connectivity index (χ0v) is 19.3. The molecule has 0 aromatic heterocycles. The number of amides is 1. The van der Waals surface area contributed by atoms with E-state index in [1.54, 1.807) is 0 Å². The molecule has 0 unspecified atom stereocenters. The summed E-state index contributed by atoms with van der Waals surface area (Å²) in [6.07, 6.45) is 7.14. The number of hydrogen-bond donors (Lipinski definition) is 2. The molecule has 0 radical (unpaired) electrons. The molecule has 1 amide bonds. The Kier molecular flexibility index (Phi) is 11.4. The van der Waals surface area contributed by atoms with Crippen LogP contribution in [-0.2, 0) is 4.79 Å². The molecule has 0 heterocycles. The molecular weight excluding hydrogens is 388 g/mol. The number of benzene rings is 2. The fourth-order valence-corrected chi connectivity index (χ4v) is 3.00. The fraction of sp³-hybridized carbons (Fsp3) is 0.500. The SMILES string of the molecule is CCCCCCCOc1ccc(NC(=O)CNc2ccc(OCCC(C)C)cc2)cc1. The number of ether oxygens (including phenoxy) is 2. The molecule has 0 atom stereocenters. The lowest BCUT2D eigenvalue weighted by Crippen LogP contribution is -2.21. The number of carbonyl (C=O) groups is 1. The van der Waals surface area contributed by atoms with Crippen molar-refractivity contribution in [2.45, 2.75) is 59.3 Å². The summed E-state index contributed by atoms with van der Waals surface area (Å²) in [7, 11) is 0. The molecule has 0 aliphatic heterocycles. The average molecular weight is 427 g/mol. The second-order valence-electron chi connectivity index (χ2n) is 8.24. The summed E-state index contributed by atoms with van der Waals surface area (Å²) in [6, 6.07) is 15.2. The second-order valence-corrected chi connectivity index (χ2v) is 8.24. The molecule has 0 saturated heterocycles. The molecule has 0 spiro atoms. The van der Waals surface area contributed by atoms with Crippen molar-refractivity contribution in [2.24, 2.45) is 5.92 Å². The monoisotopic (exact) mass is 426 g/mol. The van der Waals surface area contributed by atoms with E-state index in [0.29, 0.717) is 5.92 Å². The molecule has 2 aromatic carbocycles. The minimum Gasteiger partial charge on any atom is -0.494 e. The van der Waals surface area contributed by atoms with Gasteiger partial charge in [-0.2, -0.15) is 0 Å². The van der Waals surface area contributed by atoms with Crippen LogP contribution in [0, 0.1) is 5.92 Å². The maximum Gasteiger partial charge on any atom is 0.243 e. The largest absolute Gasteiger partial charge is 0.494 e. The predicted octanol–water partition coefficient (Wildman–Crippen LogP) is 6.51. The van der Waals surface area contributed by atoms with Gasteiger partial charge in [0.2, 0.25) is 5.91 Å². The molecule has 5 nitrogen and oxygen atoms in total. The summed E-state index contributed by atoms with van der Waals surface area (Å²) in [5, 5.41) is 6.03. The van der Waals surface area contributed by atoms with E-state index in [9.17, 15) is 4.79 Å². The summed E-state index contributed by atoms with van der Waals surface area (Å²) in [6.45, 7) is 8.23. The molecule has 0 saturated carbocycles. The lowest BCUT2D eigenvalue weighted by atomic mass is 10.1. The van der Waals surface area contributed by atoms with E-state index in [1.165, 1.54) is 25.7 Å². The smallest absolute Gasteiger partial charge is 0.243 e. The highest BCUT2D eigenvalue weighted by Gasteiger charge is 2.04. The van der Waals surface area contributed by atoms with Crippen molar-refractivity contribution in [2.75, 3.05) is 30.4 Å². The molecule has 5 heteroatoms. The zero-order chi connectivity index (χ0) is 22.3. The molecular formula is C26H38N2O3. The third-order valence-corrected chi connectivity index (χ3v) is 4.93. The molecule has 0 aliphatic carbocycles. The van der Waals surface area contributed by atoms with Crippen LogP contribution >= 0.6 is 0 Å². The summed E-state index contributed by atoms with van der Waals surface area (Å²) in [5.41, 5.74) is 1.64. The Labute approximate surface area is 187 Å². The Balaban J connectivity index is 1.65. The van der Waals surface area contributed by atoms with Gasteiger partial charge in [-0.1, -0.05) is 46.5 Å². The Hall–Kier alpha value is -2.69. The molecule has 2 rings (SSSR count). The van der Waals surface area contributed by atoms with E-state index in [4.69, 9.17) is 9.47 Å². The number of carbonyl (C=O) groups excluding carboxylic acids is 1. The van der Waals surface area contributed by atoms with Crippen LogP contribution in [0.4, 0.5) is 11.4 Å². The molecule has 2 N–H and O–H groups in total. The van der Waals surface area contributed by atoms with Gasteiger partial charge in [-0.15, -0.1) is 0 Å². The third kappa shape index (κ3) is 10.8. The van der Waals surface area contributed by atoms with Gasteiger partial charge in [0, 0.05) is 11.4 Å². The first-order valence-corrected chi connectivity index (χ1v) is 11.6. The highest BCUT2D eigenvalue weighted by Crippen LogP contribution is 2.18. The van der Waals surface area contributed by atoms with Gasteiger partial charge < -0.3 is 20.1 Å². The van der Waals surface area contributed by atoms with Crippen LogP contribution in [0.15, 0.2) is 48.5 Å². The summed E-state index contributed by atoms with van der Waals surface area (Å²) < 4.78 is 11.5. The predicted molar refractivity (Wildman–Crippen MR) is 129 cm³/mol. The van der Waals surface area contributed by atoms with Gasteiger partial charge in [-0.3, -0.25) is 4.79 Å². The second kappa shape index (κ2) is 14.3.